The molecule has 2 N–H and O–H groups in total. The van der Waals surface area contributed by atoms with Crippen LogP contribution >= 0.6 is 23.1 Å². The molecule has 8 heteroatoms. The number of methoxy groups -OCH3 is 1. The summed E-state index contributed by atoms with van der Waals surface area (Å²) in [5.74, 6) is -0.844. The van der Waals surface area contributed by atoms with E-state index in [9.17, 15) is 4.79 Å². The highest BCUT2D eigenvalue weighted by molar-refractivity contribution is 8.15. The maximum atomic E-state index is 11.1. The SMILES string of the molecule is COC[C@H](C)N=C1NN=C(c2cccs2)[C@H](CC(=O)O)S1. The number of thioether (sulfide) groups is 1. The van der Waals surface area contributed by atoms with E-state index in [4.69, 9.17) is 9.84 Å². The van der Waals surface area contributed by atoms with E-state index in [-0.39, 0.29) is 17.7 Å². The van der Waals surface area contributed by atoms with Gasteiger partial charge in [-0.05, 0) is 18.4 Å². The van der Waals surface area contributed by atoms with Gasteiger partial charge >= 0.3 is 5.97 Å². The molecule has 0 aliphatic carbocycles. The molecule has 0 saturated carbocycles. The fourth-order valence-electron chi connectivity index (χ4n) is 1.87. The Bertz CT molecular complexity index is 543. The molecule has 114 valence electrons. The first-order valence-corrected chi connectivity index (χ1v) is 8.18. The zero-order chi connectivity index (χ0) is 15.2. The van der Waals surface area contributed by atoms with Crippen LogP contribution in [-0.2, 0) is 9.53 Å². The minimum absolute atomic E-state index is 0.00559. The highest BCUT2D eigenvalue weighted by Crippen LogP contribution is 2.27. The van der Waals surface area contributed by atoms with E-state index < -0.39 is 5.97 Å². The van der Waals surface area contributed by atoms with Crippen molar-refractivity contribution in [2.75, 3.05) is 13.7 Å². The first kappa shape index (κ1) is 16.0. The summed E-state index contributed by atoms with van der Waals surface area (Å²) < 4.78 is 5.04. The number of aliphatic carboxylic acids is 1. The number of hydrogen-bond acceptors (Lipinski definition) is 6. The first-order valence-electron chi connectivity index (χ1n) is 6.42. The Labute approximate surface area is 131 Å². The molecule has 1 aliphatic rings. The minimum atomic E-state index is -0.844. The lowest BCUT2D eigenvalue weighted by Crippen LogP contribution is -2.34. The van der Waals surface area contributed by atoms with Crippen LogP contribution in [-0.4, -0.2) is 47.0 Å². The third-order valence-electron chi connectivity index (χ3n) is 2.71. The fourth-order valence-corrected chi connectivity index (χ4v) is 3.84. The second-order valence-corrected chi connectivity index (χ2v) is 6.67. The smallest absolute Gasteiger partial charge is 0.304 e. The van der Waals surface area contributed by atoms with Gasteiger partial charge in [-0.3, -0.25) is 15.2 Å². The van der Waals surface area contributed by atoms with Crippen molar-refractivity contribution in [3.63, 3.8) is 0 Å². The lowest BCUT2D eigenvalue weighted by Gasteiger charge is -2.23. The average Bonchev–Trinajstić information content (AvgIpc) is 2.92. The number of ether oxygens (including phenoxy) is 1. The summed E-state index contributed by atoms with van der Waals surface area (Å²) in [6, 6.07) is 3.86. The second-order valence-electron chi connectivity index (χ2n) is 4.53. The van der Waals surface area contributed by atoms with Gasteiger partial charge < -0.3 is 9.84 Å². The van der Waals surface area contributed by atoms with Crippen molar-refractivity contribution in [2.45, 2.75) is 24.6 Å². The van der Waals surface area contributed by atoms with E-state index in [0.29, 0.717) is 11.8 Å². The van der Waals surface area contributed by atoms with E-state index in [1.807, 2.05) is 24.4 Å². The number of amidine groups is 1. The quantitative estimate of drug-likeness (QED) is 0.835. The van der Waals surface area contributed by atoms with Crippen LogP contribution < -0.4 is 5.43 Å². The summed E-state index contributed by atoms with van der Waals surface area (Å²) in [4.78, 5) is 16.5. The van der Waals surface area contributed by atoms with Gasteiger partial charge in [0.2, 0.25) is 0 Å². The van der Waals surface area contributed by atoms with Gasteiger partial charge in [0.1, 0.15) is 0 Å². The van der Waals surface area contributed by atoms with Crippen molar-refractivity contribution in [1.29, 1.82) is 0 Å². The molecule has 2 heterocycles. The van der Waals surface area contributed by atoms with Crippen LogP contribution in [0.3, 0.4) is 0 Å². The highest BCUT2D eigenvalue weighted by atomic mass is 32.2. The molecule has 2 rings (SSSR count). The number of carbonyl (C=O) groups is 1. The van der Waals surface area contributed by atoms with Crippen molar-refractivity contribution in [3.05, 3.63) is 22.4 Å². The van der Waals surface area contributed by atoms with Gasteiger partial charge in [0, 0.05) is 7.11 Å². The third-order valence-corrected chi connectivity index (χ3v) is 4.70. The summed E-state index contributed by atoms with van der Waals surface area (Å²) in [6.45, 7) is 2.44. The number of thiophene rings is 1. The summed E-state index contributed by atoms with van der Waals surface area (Å²) in [5, 5.41) is 15.8. The molecule has 1 aromatic heterocycles. The van der Waals surface area contributed by atoms with Crippen LogP contribution in [0, 0.1) is 0 Å². The number of carboxylic acid groups (broad SMARTS) is 1. The van der Waals surface area contributed by atoms with E-state index in [2.05, 4.69) is 15.5 Å². The van der Waals surface area contributed by atoms with E-state index in [0.717, 1.165) is 10.6 Å². The fraction of sp³-hybridized carbons (Fsp3) is 0.462. The van der Waals surface area contributed by atoms with Crippen LogP contribution in [0.4, 0.5) is 0 Å². The van der Waals surface area contributed by atoms with Crippen LogP contribution in [0.15, 0.2) is 27.6 Å². The number of nitrogens with one attached hydrogen (secondary N) is 1. The summed E-state index contributed by atoms with van der Waals surface area (Å²) in [7, 11) is 1.62. The normalized spacial score (nSPS) is 21.7. The standard InChI is InChI=1S/C13H17N3O3S2/c1-8(7-19-2)14-13-16-15-12(9-4-3-5-20-9)10(21-13)6-11(17)18/h3-5,8,10H,6-7H2,1-2H3,(H,14,16)(H,17,18)/t8-,10-/m0/s1. The summed E-state index contributed by atoms with van der Waals surface area (Å²) >= 11 is 2.95. The van der Waals surface area contributed by atoms with Crippen LogP contribution in [0.1, 0.15) is 18.2 Å². The molecule has 0 bridgehead atoms. The molecule has 0 unspecified atom stereocenters. The number of hydrazone groups is 1. The minimum Gasteiger partial charge on any atom is -0.481 e. The van der Waals surface area contributed by atoms with E-state index >= 15 is 0 Å². The van der Waals surface area contributed by atoms with E-state index in [1.54, 1.807) is 18.4 Å². The third kappa shape index (κ3) is 4.55. The predicted molar refractivity (Wildman–Crippen MR) is 86.4 cm³/mol. The number of rotatable bonds is 6. The van der Waals surface area contributed by atoms with Gasteiger partial charge in [-0.2, -0.15) is 5.10 Å². The molecule has 0 aromatic carbocycles. The van der Waals surface area contributed by atoms with Gasteiger partial charge in [0.05, 0.1) is 34.9 Å². The summed E-state index contributed by atoms with van der Waals surface area (Å²) in [5.41, 5.74) is 3.67. The molecule has 0 saturated heterocycles. The predicted octanol–water partition coefficient (Wildman–Crippen LogP) is 2.02. The molecule has 0 amide bonds. The molecular formula is C13H17N3O3S2. The van der Waals surface area contributed by atoms with Gasteiger partial charge in [-0.1, -0.05) is 17.8 Å². The van der Waals surface area contributed by atoms with Gasteiger partial charge in [-0.25, -0.2) is 0 Å². The van der Waals surface area contributed by atoms with Crippen molar-refractivity contribution >= 4 is 39.9 Å². The monoisotopic (exact) mass is 327 g/mol. The molecule has 1 aromatic rings. The van der Waals surface area contributed by atoms with E-state index in [1.165, 1.54) is 11.8 Å². The Hall–Kier alpha value is -1.38. The topological polar surface area (TPSA) is 83.3 Å². The number of hydrogen-bond donors (Lipinski definition) is 2. The van der Waals surface area contributed by atoms with Crippen LogP contribution in [0.25, 0.3) is 0 Å². The Balaban J connectivity index is 2.18. The van der Waals surface area contributed by atoms with Crippen molar-refractivity contribution in [2.24, 2.45) is 10.1 Å². The van der Waals surface area contributed by atoms with Crippen molar-refractivity contribution < 1.29 is 14.6 Å². The van der Waals surface area contributed by atoms with Gasteiger partial charge in [-0.15, -0.1) is 11.3 Å². The Kier molecular flexibility index (Phi) is 5.77. The Morgan fingerprint density at radius 1 is 1.67 bits per heavy atom. The molecule has 21 heavy (non-hydrogen) atoms. The zero-order valence-corrected chi connectivity index (χ0v) is 13.4. The largest absolute Gasteiger partial charge is 0.481 e. The number of nitrogens with zero attached hydrogens (tertiary/aromatic N) is 2. The molecule has 0 fully saturated rings. The molecule has 2 atom stereocenters. The number of aliphatic imine (C=N–C) groups is 1. The lowest BCUT2D eigenvalue weighted by molar-refractivity contribution is -0.136. The van der Waals surface area contributed by atoms with Gasteiger partial charge in [0.15, 0.2) is 5.17 Å². The summed E-state index contributed by atoms with van der Waals surface area (Å²) in [6.07, 6.45) is 0.0146. The van der Waals surface area contributed by atoms with Crippen molar-refractivity contribution in [1.82, 2.24) is 5.43 Å². The van der Waals surface area contributed by atoms with Crippen LogP contribution in [0.2, 0.25) is 0 Å². The second kappa shape index (κ2) is 7.58. The van der Waals surface area contributed by atoms with Crippen molar-refractivity contribution in [3.8, 4) is 0 Å². The maximum absolute atomic E-state index is 11.1. The molecule has 0 radical (unpaired) electrons. The van der Waals surface area contributed by atoms with Crippen LogP contribution in [0.5, 0.6) is 0 Å². The lowest BCUT2D eigenvalue weighted by atomic mass is 10.1. The highest BCUT2D eigenvalue weighted by Gasteiger charge is 2.28. The Morgan fingerprint density at radius 2 is 2.48 bits per heavy atom. The molecule has 0 spiro atoms. The number of carboxylic acids is 1. The maximum Gasteiger partial charge on any atom is 0.304 e. The molecule has 1 aliphatic heterocycles. The zero-order valence-electron chi connectivity index (χ0n) is 11.8. The van der Waals surface area contributed by atoms with Gasteiger partial charge in [0.25, 0.3) is 0 Å². The average molecular weight is 327 g/mol. The molecular weight excluding hydrogens is 310 g/mol. The Morgan fingerprint density at radius 3 is 3.10 bits per heavy atom. The first-order chi connectivity index (χ1) is 10.1. The molecule has 6 nitrogen and oxygen atoms in total.